The van der Waals surface area contributed by atoms with Gasteiger partial charge in [-0.25, -0.2) is 0 Å². The van der Waals surface area contributed by atoms with Gasteiger partial charge in [0.05, 0.1) is 6.61 Å². The van der Waals surface area contributed by atoms with Gasteiger partial charge in [-0.1, -0.05) is 35.0 Å². The zero-order valence-corrected chi connectivity index (χ0v) is 16.6. The van der Waals surface area contributed by atoms with Gasteiger partial charge in [0, 0.05) is 29.6 Å². The van der Waals surface area contributed by atoms with Crippen LogP contribution in [0.25, 0.3) is 0 Å². The number of rotatable bonds is 7. The fourth-order valence-electron chi connectivity index (χ4n) is 2.30. The first-order valence-electron chi connectivity index (χ1n) is 7.84. The molecule has 0 bridgehead atoms. The molecule has 130 valence electrons. The molecule has 6 heteroatoms. The minimum absolute atomic E-state index is 0.334. The second kappa shape index (κ2) is 8.30. The Morgan fingerprint density at radius 3 is 2.21 bits per heavy atom. The van der Waals surface area contributed by atoms with Gasteiger partial charge in [-0.15, -0.1) is 0 Å². The lowest BCUT2D eigenvalue weighted by atomic mass is 10.2. The van der Waals surface area contributed by atoms with E-state index < -0.39 is 13.2 Å². The van der Waals surface area contributed by atoms with Crippen molar-refractivity contribution in [3.8, 4) is 0 Å². The van der Waals surface area contributed by atoms with Crippen LogP contribution in [0, 0.1) is 0 Å². The molecule has 0 fully saturated rings. The Bertz CT molecular complexity index is 701. The zero-order chi connectivity index (χ0) is 17.7. The number of hydrogen-bond acceptors (Lipinski definition) is 4. The number of aliphatic hydroxyl groups excluding tert-OH is 1. The Labute approximate surface area is 152 Å². The van der Waals surface area contributed by atoms with E-state index in [4.69, 9.17) is 4.52 Å². The second-order valence-corrected chi connectivity index (χ2v) is 9.14. The predicted molar refractivity (Wildman–Crippen MR) is 103 cm³/mol. The molecule has 4 nitrogen and oxygen atoms in total. The maximum Gasteiger partial charge on any atom is 0.264 e. The minimum Gasteiger partial charge on any atom is -0.378 e. The number of anilines is 1. The molecule has 0 unspecified atom stereocenters. The molecule has 0 aromatic heterocycles. The summed E-state index contributed by atoms with van der Waals surface area (Å²) in [5.74, 6) is -1.19. The largest absolute Gasteiger partial charge is 0.378 e. The van der Waals surface area contributed by atoms with Crippen molar-refractivity contribution in [2.45, 2.75) is 19.2 Å². The number of benzene rings is 2. The SMILES string of the molecule is CCCO[P@](=O)(c1ccc(N(C)C)cc1)[C@H](O)c1ccc(Br)cc1. The Morgan fingerprint density at radius 2 is 1.71 bits per heavy atom. The van der Waals surface area contributed by atoms with E-state index in [1.807, 2.05) is 50.2 Å². The first-order valence-corrected chi connectivity index (χ1v) is 10.3. The van der Waals surface area contributed by atoms with Crippen molar-refractivity contribution >= 4 is 34.3 Å². The fraction of sp³-hybridized carbons (Fsp3) is 0.333. The molecule has 1 N–H and O–H groups in total. The Kier molecular flexibility index (Phi) is 6.64. The molecule has 0 aliphatic heterocycles. The summed E-state index contributed by atoms with van der Waals surface area (Å²) in [7, 11) is 0.442. The third-order valence-electron chi connectivity index (χ3n) is 3.70. The average molecular weight is 412 g/mol. The highest BCUT2D eigenvalue weighted by atomic mass is 79.9. The van der Waals surface area contributed by atoms with E-state index in [0.717, 1.165) is 16.6 Å². The number of halogens is 1. The maximum atomic E-state index is 13.5. The van der Waals surface area contributed by atoms with Crippen LogP contribution in [-0.4, -0.2) is 25.8 Å². The molecule has 0 spiro atoms. The third-order valence-corrected chi connectivity index (χ3v) is 6.76. The van der Waals surface area contributed by atoms with Crippen molar-refractivity contribution < 1.29 is 14.2 Å². The van der Waals surface area contributed by atoms with Crippen LogP contribution in [0.15, 0.2) is 53.0 Å². The van der Waals surface area contributed by atoms with E-state index >= 15 is 0 Å². The van der Waals surface area contributed by atoms with Crippen LogP contribution >= 0.6 is 23.3 Å². The molecular weight excluding hydrogens is 389 g/mol. The normalized spacial score (nSPS) is 14.9. The smallest absolute Gasteiger partial charge is 0.264 e. The van der Waals surface area contributed by atoms with Gasteiger partial charge in [0.25, 0.3) is 7.37 Å². The number of hydrogen-bond donors (Lipinski definition) is 1. The third kappa shape index (κ3) is 4.28. The molecule has 2 rings (SSSR count). The van der Waals surface area contributed by atoms with Crippen LogP contribution in [0.5, 0.6) is 0 Å². The molecule has 2 aromatic rings. The van der Waals surface area contributed by atoms with Crippen molar-refractivity contribution in [2.75, 3.05) is 25.6 Å². The summed E-state index contributed by atoms with van der Waals surface area (Å²) in [4.78, 5) is 1.97. The molecule has 0 aliphatic carbocycles. The van der Waals surface area contributed by atoms with Crippen LogP contribution in [0.4, 0.5) is 5.69 Å². The van der Waals surface area contributed by atoms with Crippen LogP contribution in [0.1, 0.15) is 24.8 Å². The lowest BCUT2D eigenvalue weighted by molar-refractivity contribution is 0.214. The minimum atomic E-state index is -3.44. The van der Waals surface area contributed by atoms with Gasteiger partial charge in [-0.2, -0.15) is 0 Å². The van der Waals surface area contributed by atoms with Gasteiger partial charge in [0.2, 0.25) is 0 Å². The molecule has 0 amide bonds. The Morgan fingerprint density at radius 1 is 1.12 bits per heavy atom. The summed E-state index contributed by atoms with van der Waals surface area (Å²) in [6, 6.07) is 14.4. The first kappa shape index (κ1) is 19.2. The zero-order valence-electron chi connectivity index (χ0n) is 14.1. The van der Waals surface area contributed by atoms with E-state index in [-0.39, 0.29) is 0 Å². The molecule has 0 heterocycles. The summed E-state index contributed by atoms with van der Waals surface area (Å²) in [5.41, 5.74) is 1.58. The molecule has 0 saturated heterocycles. The molecule has 2 atom stereocenters. The van der Waals surface area contributed by atoms with E-state index in [2.05, 4.69) is 15.9 Å². The van der Waals surface area contributed by atoms with Crippen molar-refractivity contribution in [2.24, 2.45) is 0 Å². The van der Waals surface area contributed by atoms with Crippen molar-refractivity contribution in [1.29, 1.82) is 0 Å². The van der Waals surface area contributed by atoms with Gasteiger partial charge >= 0.3 is 0 Å². The summed E-state index contributed by atoms with van der Waals surface area (Å²) >= 11 is 3.37. The van der Waals surface area contributed by atoms with E-state index in [1.54, 1.807) is 24.3 Å². The van der Waals surface area contributed by atoms with Crippen molar-refractivity contribution in [3.63, 3.8) is 0 Å². The highest BCUT2D eigenvalue weighted by Gasteiger charge is 2.36. The highest BCUT2D eigenvalue weighted by molar-refractivity contribution is 9.10. The summed E-state index contributed by atoms with van der Waals surface area (Å²) in [6.45, 7) is 2.28. The molecule has 0 saturated carbocycles. The molecule has 0 radical (unpaired) electrons. The summed E-state index contributed by atoms with van der Waals surface area (Å²) < 4.78 is 20.1. The molecule has 0 aliphatic rings. The van der Waals surface area contributed by atoms with Gasteiger partial charge < -0.3 is 14.5 Å². The highest BCUT2D eigenvalue weighted by Crippen LogP contribution is 2.57. The Hall–Kier alpha value is -1.13. The number of aliphatic hydroxyl groups is 1. The van der Waals surface area contributed by atoms with Crippen LogP contribution in [0.2, 0.25) is 0 Å². The van der Waals surface area contributed by atoms with Gasteiger partial charge in [0.1, 0.15) is 0 Å². The fourth-order valence-corrected chi connectivity index (χ4v) is 4.72. The topological polar surface area (TPSA) is 49.8 Å². The van der Waals surface area contributed by atoms with Crippen molar-refractivity contribution in [3.05, 3.63) is 58.6 Å². The predicted octanol–water partition coefficient (Wildman–Crippen LogP) is 4.54. The second-order valence-electron chi connectivity index (χ2n) is 5.77. The lowest BCUT2D eigenvalue weighted by Gasteiger charge is -2.25. The average Bonchev–Trinajstić information content (AvgIpc) is 2.59. The van der Waals surface area contributed by atoms with E-state index in [1.165, 1.54) is 0 Å². The first-order chi connectivity index (χ1) is 11.4. The van der Waals surface area contributed by atoms with Gasteiger partial charge in [-0.3, -0.25) is 4.57 Å². The molecular formula is C18H23BrNO3P. The standard InChI is InChI=1S/C18H23BrNO3P/c1-4-13-23-24(22,17-11-9-16(10-12-17)20(2)3)18(21)14-5-7-15(19)8-6-14/h5-12,18,21H,4,13H2,1-3H3/t18-,24+/m0/s1. The summed E-state index contributed by atoms with van der Waals surface area (Å²) in [5, 5.41) is 11.3. The monoisotopic (exact) mass is 411 g/mol. The van der Waals surface area contributed by atoms with Crippen LogP contribution < -0.4 is 10.2 Å². The number of nitrogens with zero attached hydrogens (tertiary/aromatic N) is 1. The van der Waals surface area contributed by atoms with Gasteiger partial charge in [-0.05, 0) is 48.4 Å². The van der Waals surface area contributed by atoms with Crippen LogP contribution in [-0.2, 0) is 9.09 Å². The van der Waals surface area contributed by atoms with E-state index in [0.29, 0.717) is 17.5 Å². The summed E-state index contributed by atoms with van der Waals surface area (Å²) in [6.07, 6.45) is 0.729. The quantitative estimate of drug-likeness (QED) is 0.679. The van der Waals surface area contributed by atoms with Crippen molar-refractivity contribution in [1.82, 2.24) is 0 Å². The Balaban J connectivity index is 2.41. The van der Waals surface area contributed by atoms with Crippen LogP contribution in [0.3, 0.4) is 0 Å². The molecule has 24 heavy (non-hydrogen) atoms. The molecule has 2 aromatic carbocycles. The van der Waals surface area contributed by atoms with E-state index in [9.17, 15) is 9.67 Å². The maximum absolute atomic E-state index is 13.5. The van der Waals surface area contributed by atoms with Gasteiger partial charge in [0.15, 0.2) is 5.85 Å². The lowest BCUT2D eigenvalue weighted by Crippen LogP contribution is -2.16.